The average Bonchev–Trinajstić information content (AvgIpc) is 2.24. The molecule has 1 fully saturated rings. The molecular formula is C14H19NO2. The van der Waals surface area contributed by atoms with Gasteiger partial charge < -0.3 is 10.4 Å². The molecule has 2 N–H and O–H groups in total. The number of nitrogens with one attached hydrogen (secondary N) is 1. The number of rotatable bonds is 5. The van der Waals surface area contributed by atoms with E-state index in [1.807, 2.05) is 6.07 Å². The van der Waals surface area contributed by atoms with Crippen LogP contribution in [0.2, 0.25) is 0 Å². The Hall–Kier alpha value is -1.51. The zero-order valence-corrected chi connectivity index (χ0v) is 10.1. The SMILES string of the molecule is CC(CC1CCC1)Nc1cccc(C(=O)O)c1. The van der Waals surface area contributed by atoms with Crippen LogP contribution in [-0.4, -0.2) is 17.1 Å². The van der Waals surface area contributed by atoms with E-state index in [2.05, 4.69) is 12.2 Å². The first kappa shape index (κ1) is 12.0. The number of aromatic carboxylic acids is 1. The number of carbonyl (C=O) groups is 1. The minimum Gasteiger partial charge on any atom is -0.478 e. The Bertz CT molecular complexity index is 399. The van der Waals surface area contributed by atoms with Gasteiger partial charge in [0.2, 0.25) is 0 Å². The highest BCUT2D eigenvalue weighted by molar-refractivity contribution is 5.88. The summed E-state index contributed by atoms with van der Waals surface area (Å²) in [6.45, 7) is 2.16. The molecule has 17 heavy (non-hydrogen) atoms. The molecule has 1 unspecified atom stereocenters. The highest BCUT2D eigenvalue weighted by Crippen LogP contribution is 2.31. The van der Waals surface area contributed by atoms with Crippen molar-refractivity contribution in [3.8, 4) is 0 Å². The molecule has 0 radical (unpaired) electrons. The topological polar surface area (TPSA) is 49.3 Å². The van der Waals surface area contributed by atoms with Crippen LogP contribution in [0.4, 0.5) is 5.69 Å². The van der Waals surface area contributed by atoms with Crippen molar-refractivity contribution >= 4 is 11.7 Å². The van der Waals surface area contributed by atoms with E-state index >= 15 is 0 Å². The molecule has 3 heteroatoms. The predicted octanol–water partition coefficient (Wildman–Crippen LogP) is 3.38. The van der Waals surface area contributed by atoms with Crippen molar-refractivity contribution in [3.63, 3.8) is 0 Å². The van der Waals surface area contributed by atoms with Crippen LogP contribution in [0.15, 0.2) is 24.3 Å². The summed E-state index contributed by atoms with van der Waals surface area (Å²) in [5, 5.41) is 12.3. The standard InChI is InChI=1S/C14H19NO2/c1-10(8-11-4-2-5-11)15-13-7-3-6-12(9-13)14(16)17/h3,6-7,9-11,15H,2,4-5,8H2,1H3,(H,16,17). The molecule has 0 bridgehead atoms. The van der Waals surface area contributed by atoms with Crippen LogP contribution >= 0.6 is 0 Å². The van der Waals surface area contributed by atoms with Gasteiger partial charge in [-0.2, -0.15) is 0 Å². The van der Waals surface area contributed by atoms with Crippen molar-refractivity contribution < 1.29 is 9.90 Å². The molecule has 0 aromatic heterocycles. The summed E-state index contributed by atoms with van der Waals surface area (Å²) >= 11 is 0. The Kier molecular flexibility index (Phi) is 3.67. The fourth-order valence-corrected chi connectivity index (χ4v) is 2.31. The molecular weight excluding hydrogens is 214 g/mol. The second-order valence-electron chi connectivity index (χ2n) is 4.96. The van der Waals surface area contributed by atoms with E-state index in [9.17, 15) is 4.79 Å². The Morgan fingerprint density at radius 3 is 2.88 bits per heavy atom. The Morgan fingerprint density at radius 2 is 2.29 bits per heavy atom. The molecule has 1 atom stereocenters. The molecule has 1 aromatic rings. The number of benzene rings is 1. The van der Waals surface area contributed by atoms with E-state index in [1.165, 1.54) is 25.7 Å². The van der Waals surface area contributed by atoms with E-state index in [4.69, 9.17) is 5.11 Å². The van der Waals surface area contributed by atoms with Gasteiger partial charge in [0.25, 0.3) is 0 Å². The van der Waals surface area contributed by atoms with Gasteiger partial charge in [0, 0.05) is 11.7 Å². The van der Waals surface area contributed by atoms with E-state index in [0.29, 0.717) is 11.6 Å². The lowest BCUT2D eigenvalue weighted by Gasteiger charge is -2.28. The third-order valence-corrected chi connectivity index (χ3v) is 3.43. The predicted molar refractivity (Wildman–Crippen MR) is 68.4 cm³/mol. The minimum atomic E-state index is -0.875. The third kappa shape index (κ3) is 3.22. The van der Waals surface area contributed by atoms with Crippen molar-refractivity contribution in [3.05, 3.63) is 29.8 Å². The largest absolute Gasteiger partial charge is 0.478 e. The molecule has 0 heterocycles. The second kappa shape index (κ2) is 5.21. The normalized spacial score (nSPS) is 17.2. The van der Waals surface area contributed by atoms with Gasteiger partial charge in [0.1, 0.15) is 0 Å². The van der Waals surface area contributed by atoms with Gasteiger partial charge in [-0.3, -0.25) is 0 Å². The number of carboxylic acid groups (broad SMARTS) is 1. The zero-order valence-electron chi connectivity index (χ0n) is 10.1. The van der Waals surface area contributed by atoms with Gasteiger partial charge in [-0.15, -0.1) is 0 Å². The maximum Gasteiger partial charge on any atom is 0.335 e. The highest BCUT2D eigenvalue weighted by Gasteiger charge is 2.19. The maximum atomic E-state index is 10.8. The summed E-state index contributed by atoms with van der Waals surface area (Å²) in [7, 11) is 0. The zero-order chi connectivity index (χ0) is 12.3. The van der Waals surface area contributed by atoms with Crippen LogP contribution in [0.3, 0.4) is 0 Å². The Morgan fingerprint density at radius 1 is 1.53 bits per heavy atom. The molecule has 0 saturated heterocycles. The van der Waals surface area contributed by atoms with Gasteiger partial charge in [-0.1, -0.05) is 25.3 Å². The van der Waals surface area contributed by atoms with Crippen LogP contribution in [0.5, 0.6) is 0 Å². The van der Waals surface area contributed by atoms with Crippen molar-refractivity contribution in [2.75, 3.05) is 5.32 Å². The molecule has 92 valence electrons. The molecule has 0 amide bonds. The first-order valence-electron chi connectivity index (χ1n) is 6.25. The summed E-state index contributed by atoms with van der Waals surface area (Å²) in [5.41, 5.74) is 1.24. The lowest BCUT2D eigenvalue weighted by molar-refractivity contribution is 0.0697. The van der Waals surface area contributed by atoms with E-state index in [0.717, 1.165) is 11.6 Å². The van der Waals surface area contributed by atoms with Gasteiger partial charge in [-0.25, -0.2) is 4.79 Å². The number of carboxylic acids is 1. The highest BCUT2D eigenvalue weighted by atomic mass is 16.4. The van der Waals surface area contributed by atoms with Crippen LogP contribution in [0.1, 0.15) is 43.0 Å². The lowest BCUT2D eigenvalue weighted by Crippen LogP contribution is -2.23. The first-order valence-corrected chi connectivity index (χ1v) is 6.25. The average molecular weight is 233 g/mol. The van der Waals surface area contributed by atoms with Crippen molar-refractivity contribution in [1.29, 1.82) is 0 Å². The number of hydrogen-bond donors (Lipinski definition) is 2. The van der Waals surface area contributed by atoms with Gasteiger partial charge >= 0.3 is 5.97 Å². The molecule has 0 spiro atoms. The Balaban J connectivity index is 1.92. The fraction of sp³-hybridized carbons (Fsp3) is 0.500. The van der Waals surface area contributed by atoms with Crippen LogP contribution in [0.25, 0.3) is 0 Å². The molecule has 0 aliphatic heterocycles. The number of anilines is 1. The summed E-state index contributed by atoms with van der Waals surface area (Å²) in [6.07, 6.45) is 5.24. The van der Waals surface area contributed by atoms with Crippen molar-refractivity contribution in [2.45, 2.75) is 38.6 Å². The fourth-order valence-electron chi connectivity index (χ4n) is 2.31. The summed E-state index contributed by atoms with van der Waals surface area (Å²) < 4.78 is 0. The van der Waals surface area contributed by atoms with E-state index < -0.39 is 5.97 Å². The smallest absolute Gasteiger partial charge is 0.335 e. The van der Waals surface area contributed by atoms with Crippen LogP contribution in [0, 0.1) is 5.92 Å². The summed E-state index contributed by atoms with van der Waals surface area (Å²) in [4.78, 5) is 10.8. The maximum absolute atomic E-state index is 10.8. The molecule has 2 rings (SSSR count). The monoisotopic (exact) mass is 233 g/mol. The molecule has 1 saturated carbocycles. The van der Waals surface area contributed by atoms with Gasteiger partial charge in [0.15, 0.2) is 0 Å². The van der Waals surface area contributed by atoms with Gasteiger partial charge in [0.05, 0.1) is 5.56 Å². The van der Waals surface area contributed by atoms with E-state index in [1.54, 1.807) is 18.2 Å². The van der Waals surface area contributed by atoms with Crippen LogP contribution in [-0.2, 0) is 0 Å². The van der Waals surface area contributed by atoms with Crippen LogP contribution < -0.4 is 5.32 Å². The van der Waals surface area contributed by atoms with Crippen molar-refractivity contribution in [1.82, 2.24) is 0 Å². The molecule has 1 aliphatic carbocycles. The summed E-state index contributed by atoms with van der Waals surface area (Å²) in [5.74, 6) is -0.0135. The third-order valence-electron chi connectivity index (χ3n) is 3.43. The Labute approximate surface area is 102 Å². The minimum absolute atomic E-state index is 0.339. The first-order chi connectivity index (χ1) is 8.15. The molecule has 1 aliphatic rings. The van der Waals surface area contributed by atoms with Gasteiger partial charge in [-0.05, 0) is 37.5 Å². The van der Waals surface area contributed by atoms with Crippen molar-refractivity contribution in [2.24, 2.45) is 5.92 Å². The summed E-state index contributed by atoms with van der Waals surface area (Å²) in [6, 6.07) is 7.42. The lowest BCUT2D eigenvalue weighted by atomic mass is 9.81. The molecule has 1 aromatic carbocycles. The number of hydrogen-bond acceptors (Lipinski definition) is 2. The molecule has 3 nitrogen and oxygen atoms in total. The second-order valence-corrected chi connectivity index (χ2v) is 4.96. The quantitative estimate of drug-likeness (QED) is 0.819. The van der Waals surface area contributed by atoms with E-state index in [-0.39, 0.29) is 0 Å².